The van der Waals surface area contributed by atoms with E-state index in [2.05, 4.69) is 27.2 Å². The topological polar surface area (TPSA) is 69.2 Å². The summed E-state index contributed by atoms with van der Waals surface area (Å²) < 4.78 is 11.2. The zero-order chi connectivity index (χ0) is 15.2. The lowest BCUT2D eigenvalue weighted by atomic mass is 10.2. The average Bonchev–Trinajstić information content (AvgIpc) is 2.46. The largest absolute Gasteiger partial charge is 0.461 e. The molecular weight excluding hydrogens is 268 g/mol. The number of anilines is 1. The van der Waals surface area contributed by atoms with Crippen LogP contribution >= 0.6 is 0 Å². The molecule has 0 unspecified atom stereocenters. The first kappa shape index (κ1) is 15.0. The molecule has 1 aromatic heterocycles. The van der Waals surface area contributed by atoms with Gasteiger partial charge >= 0.3 is 12.0 Å². The van der Waals surface area contributed by atoms with Gasteiger partial charge in [-0.05, 0) is 38.0 Å². The van der Waals surface area contributed by atoms with Gasteiger partial charge in [-0.2, -0.15) is 9.97 Å². The van der Waals surface area contributed by atoms with Crippen LogP contribution < -0.4 is 14.8 Å². The van der Waals surface area contributed by atoms with E-state index in [9.17, 15) is 0 Å². The molecule has 0 radical (unpaired) electrons. The van der Waals surface area contributed by atoms with Gasteiger partial charge in [-0.25, -0.2) is 0 Å². The van der Waals surface area contributed by atoms with Gasteiger partial charge in [0.25, 0.3) is 0 Å². The summed E-state index contributed by atoms with van der Waals surface area (Å²) in [6.07, 6.45) is 0.922. The van der Waals surface area contributed by atoms with Crippen molar-refractivity contribution in [2.75, 3.05) is 12.4 Å². The third-order valence-electron chi connectivity index (χ3n) is 2.67. The number of hydrogen-bond acceptors (Lipinski definition) is 6. The highest BCUT2D eigenvalue weighted by molar-refractivity contribution is 5.32. The minimum atomic E-state index is -0.0200. The maximum absolute atomic E-state index is 5.70. The van der Waals surface area contributed by atoms with Crippen molar-refractivity contribution in [2.45, 2.75) is 33.3 Å². The second-order valence-corrected chi connectivity index (χ2v) is 4.74. The first-order valence-electron chi connectivity index (χ1n) is 6.98. The fourth-order valence-electron chi connectivity index (χ4n) is 1.69. The summed E-state index contributed by atoms with van der Waals surface area (Å²) in [5.41, 5.74) is 1.19. The molecule has 0 fully saturated rings. The van der Waals surface area contributed by atoms with E-state index in [0.29, 0.717) is 11.7 Å². The lowest BCUT2D eigenvalue weighted by Crippen LogP contribution is -2.11. The molecule has 0 saturated carbocycles. The Morgan fingerprint density at radius 2 is 1.90 bits per heavy atom. The minimum absolute atomic E-state index is 0.0200. The van der Waals surface area contributed by atoms with Crippen molar-refractivity contribution < 1.29 is 9.47 Å². The molecule has 1 heterocycles. The second kappa shape index (κ2) is 6.88. The monoisotopic (exact) mass is 288 g/mol. The molecule has 0 amide bonds. The number of ether oxygens (including phenoxy) is 2. The van der Waals surface area contributed by atoms with Crippen molar-refractivity contribution in [2.24, 2.45) is 0 Å². The van der Waals surface area contributed by atoms with Crippen LogP contribution in [0.1, 0.15) is 26.3 Å². The van der Waals surface area contributed by atoms with Gasteiger partial charge in [-0.3, -0.25) is 0 Å². The quantitative estimate of drug-likeness (QED) is 0.881. The fraction of sp³-hybridized carbons (Fsp3) is 0.400. The molecule has 1 aromatic carbocycles. The molecule has 1 N–H and O–H groups in total. The summed E-state index contributed by atoms with van der Waals surface area (Å²) in [6.45, 7) is 5.91. The van der Waals surface area contributed by atoms with E-state index in [1.54, 1.807) is 7.05 Å². The third kappa shape index (κ3) is 4.30. The lowest BCUT2D eigenvalue weighted by molar-refractivity contribution is 0.218. The normalized spacial score (nSPS) is 10.5. The van der Waals surface area contributed by atoms with E-state index in [0.717, 1.165) is 6.42 Å². The Hall–Kier alpha value is -2.37. The van der Waals surface area contributed by atoms with Gasteiger partial charge in [0, 0.05) is 7.05 Å². The lowest BCUT2D eigenvalue weighted by Gasteiger charge is -2.10. The molecule has 112 valence electrons. The van der Waals surface area contributed by atoms with Crippen LogP contribution in [0.3, 0.4) is 0 Å². The summed E-state index contributed by atoms with van der Waals surface area (Å²) in [5, 5.41) is 2.87. The maximum Gasteiger partial charge on any atom is 0.330 e. The third-order valence-corrected chi connectivity index (χ3v) is 2.67. The summed E-state index contributed by atoms with van der Waals surface area (Å²) in [5.74, 6) is 1.10. The van der Waals surface area contributed by atoms with Crippen molar-refractivity contribution in [3.05, 3.63) is 29.8 Å². The van der Waals surface area contributed by atoms with E-state index < -0.39 is 0 Å². The van der Waals surface area contributed by atoms with E-state index in [-0.39, 0.29) is 18.1 Å². The van der Waals surface area contributed by atoms with Crippen LogP contribution in [0.15, 0.2) is 24.3 Å². The number of nitrogens with zero attached hydrogens (tertiary/aromatic N) is 3. The van der Waals surface area contributed by atoms with Crippen LogP contribution in [0.25, 0.3) is 0 Å². The SMILES string of the molecule is CCc1cccc(Oc2nc(NC)nc(OC(C)C)n2)c1. The van der Waals surface area contributed by atoms with Gasteiger partial charge in [0.1, 0.15) is 5.75 Å². The van der Waals surface area contributed by atoms with Crippen LogP contribution in [0.4, 0.5) is 5.95 Å². The second-order valence-electron chi connectivity index (χ2n) is 4.74. The number of rotatable bonds is 6. The van der Waals surface area contributed by atoms with Crippen LogP contribution in [0.2, 0.25) is 0 Å². The minimum Gasteiger partial charge on any atom is -0.461 e. The fourth-order valence-corrected chi connectivity index (χ4v) is 1.69. The number of aryl methyl sites for hydroxylation is 1. The molecule has 0 aliphatic heterocycles. The van der Waals surface area contributed by atoms with Gasteiger partial charge < -0.3 is 14.8 Å². The molecule has 0 spiro atoms. The van der Waals surface area contributed by atoms with Gasteiger partial charge in [0.05, 0.1) is 6.10 Å². The predicted molar refractivity (Wildman–Crippen MR) is 81.0 cm³/mol. The Morgan fingerprint density at radius 1 is 1.14 bits per heavy atom. The van der Waals surface area contributed by atoms with E-state index in [4.69, 9.17) is 9.47 Å². The molecule has 0 aliphatic carbocycles. The van der Waals surface area contributed by atoms with Gasteiger partial charge in [-0.15, -0.1) is 4.98 Å². The van der Waals surface area contributed by atoms with Gasteiger partial charge in [0.15, 0.2) is 0 Å². The zero-order valence-electron chi connectivity index (χ0n) is 12.8. The number of nitrogens with one attached hydrogen (secondary N) is 1. The standard InChI is InChI=1S/C15H20N4O2/c1-5-11-7-6-8-12(9-11)21-15-18-13(16-4)17-14(19-15)20-10(2)3/h6-10H,5H2,1-4H3,(H,16,17,18,19). The Balaban J connectivity index is 2.25. The first-order valence-corrected chi connectivity index (χ1v) is 6.98. The van der Waals surface area contributed by atoms with Crippen LogP contribution in [-0.4, -0.2) is 28.1 Å². The van der Waals surface area contributed by atoms with E-state index in [1.807, 2.05) is 38.1 Å². The Kier molecular flexibility index (Phi) is 4.92. The molecule has 0 aliphatic rings. The van der Waals surface area contributed by atoms with Gasteiger partial charge in [0.2, 0.25) is 5.95 Å². The Labute approximate surface area is 124 Å². The Morgan fingerprint density at radius 3 is 2.57 bits per heavy atom. The summed E-state index contributed by atoms with van der Waals surface area (Å²) in [4.78, 5) is 12.5. The smallest absolute Gasteiger partial charge is 0.330 e. The molecule has 21 heavy (non-hydrogen) atoms. The average molecular weight is 288 g/mol. The highest BCUT2D eigenvalue weighted by Crippen LogP contribution is 2.22. The number of benzene rings is 1. The van der Waals surface area contributed by atoms with Crippen molar-refractivity contribution in [1.82, 2.24) is 15.0 Å². The molecule has 0 saturated heterocycles. The zero-order valence-corrected chi connectivity index (χ0v) is 12.8. The summed E-state index contributed by atoms with van der Waals surface area (Å²) >= 11 is 0. The first-order chi connectivity index (χ1) is 10.1. The molecule has 6 nitrogen and oxygen atoms in total. The highest BCUT2D eigenvalue weighted by Gasteiger charge is 2.10. The number of aromatic nitrogens is 3. The summed E-state index contributed by atoms with van der Waals surface area (Å²) in [6, 6.07) is 8.27. The molecule has 6 heteroatoms. The highest BCUT2D eigenvalue weighted by atomic mass is 16.5. The molecule has 2 rings (SSSR count). The van der Waals surface area contributed by atoms with Crippen molar-refractivity contribution in [1.29, 1.82) is 0 Å². The Bertz CT molecular complexity index is 602. The van der Waals surface area contributed by atoms with E-state index >= 15 is 0 Å². The molecule has 0 atom stereocenters. The molecular formula is C15H20N4O2. The van der Waals surface area contributed by atoms with Crippen molar-refractivity contribution >= 4 is 5.95 Å². The predicted octanol–water partition coefficient (Wildman–Crippen LogP) is 3.06. The van der Waals surface area contributed by atoms with Gasteiger partial charge in [-0.1, -0.05) is 19.1 Å². The molecule has 0 bridgehead atoms. The van der Waals surface area contributed by atoms with Crippen LogP contribution in [0, 0.1) is 0 Å². The summed E-state index contributed by atoms with van der Waals surface area (Å²) in [7, 11) is 1.73. The number of hydrogen-bond donors (Lipinski definition) is 1. The van der Waals surface area contributed by atoms with Crippen molar-refractivity contribution in [3.63, 3.8) is 0 Å². The maximum atomic E-state index is 5.70. The van der Waals surface area contributed by atoms with Crippen molar-refractivity contribution in [3.8, 4) is 17.8 Å². The van der Waals surface area contributed by atoms with Crippen LogP contribution in [-0.2, 0) is 6.42 Å². The van der Waals surface area contributed by atoms with Crippen LogP contribution in [0.5, 0.6) is 17.8 Å². The van der Waals surface area contributed by atoms with E-state index in [1.165, 1.54) is 5.56 Å². The molecule has 2 aromatic rings.